The van der Waals surface area contributed by atoms with Crippen LogP contribution in [-0.4, -0.2) is 18.1 Å². The van der Waals surface area contributed by atoms with Crippen LogP contribution < -0.4 is 5.32 Å². The Balaban J connectivity index is 1.82. The maximum absolute atomic E-state index is 13.4. The Morgan fingerprint density at radius 1 is 0.968 bits per heavy atom. The first-order valence-corrected chi connectivity index (χ1v) is 9.51. The maximum Gasteiger partial charge on any atom is 0.416 e. The highest BCUT2D eigenvalue weighted by molar-refractivity contribution is 6.04. The first-order valence-electron chi connectivity index (χ1n) is 9.51. The summed E-state index contributed by atoms with van der Waals surface area (Å²) in [6.45, 7) is 2.00. The van der Waals surface area contributed by atoms with Gasteiger partial charge in [-0.2, -0.15) is 13.2 Å². The second-order valence-electron chi connectivity index (χ2n) is 7.20. The summed E-state index contributed by atoms with van der Waals surface area (Å²) < 4.78 is 44.7. The molecule has 3 aromatic carbocycles. The number of aryl methyl sites for hydroxylation is 1. The number of fused-ring (bicyclic) bond motifs is 1. The fourth-order valence-electron chi connectivity index (χ4n) is 3.47. The Kier molecular flexibility index (Phi) is 5.19. The van der Waals surface area contributed by atoms with Crippen molar-refractivity contribution in [3.63, 3.8) is 0 Å². The summed E-state index contributed by atoms with van der Waals surface area (Å²) in [5.74, 6) is -0.313. The minimum Gasteiger partial charge on any atom is -0.465 e. The van der Waals surface area contributed by atoms with Crippen LogP contribution in [0.2, 0.25) is 0 Å². The van der Waals surface area contributed by atoms with E-state index in [0.29, 0.717) is 5.82 Å². The second-order valence-corrected chi connectivity index (χ2v) is 7.20. The van der Waals surface area contributed by atoms with Crippen molar-refractivity contribution in [2.75, 3.05) is 12.4 Å². The number of alkyl halides is 3. The predicted octanol–water partition coefficient (Wildman–Crippen LogP) is 6.69. The summed E-state index contributed by atoms with van der Waals surface area (Å²) in [6.07, 6.45) is -4.61. The Labute approximate surface area is 176 Å². The second kappa shape index (κ2) is 7.83. The molecule has 0 aliphatic heterocycles. The molecule has 0 fully saturated rings. The number of carbonyl (C=O) groups excluding carboxylic acids is 1. The van der Waals surface area contributed by atoms with Crippen molar-refractivity contribution >= 4 is 28.2 Å². The molecule has 0 aliphatic carbocycles. The smallest absolute Gasteiger partial charge is 0.416 e. The highest BCUT2D eigenvalue weighted by Crippen LogP contribution is 2.37. The molecule has 0 spiro atoms. The lowest BCUT2D eigenvalue weighted by atomic mass is 10.1. The van der Waals surface area contributed by atoms with Crippen molar-refractivity contribution in [3.05, 3.63) is 83.4 Å². The highest BCUT2D eigenvalue weighted by atomic mass is 19.4. The quantitative estimate of drug-likeness (QED) is 0.359. The SMILES string of the molecule is COC(=O)c1cc(Nc2[nH]c(-c3ccc(C)cc3)c3ccccc23)cc(C(F)(F)F)c1. The fraction of sp³-hybridized carbons (Fsp3) is 0.125. The predicted molar refractivity (Wildman–Crippen MR) is 115 cm³/mol. The van der Waals surface area contributed by atoms with Crippen LogP contribution in [0, 0.1) is 6.92 Å². The number of halogens is 3. The van der Waals surface area contributed by atoms with Crippen LogP contribution in [0.15, 0.2) is 66.7 Å². The third-order valence-corrected chi connectivity index (χ3v) is 5.01. The molecule has 1 heterocycles. The standard InChI is InChI=1S/C24H19F3N2O2/c1-14-7-9-15(10-8-14)21-19-5-3-4-6-20(19)22(29-21)28-18-12-16(23(30)31-2)11-17(13-18)24(25,26)27/h3-13,28-29H,1-2H3. The molecule has 0 amide bonds. The minimum atomic E-state index is -4.61. The lowest BCUT2D eigenvalue weighted by Crippen LogP contribution is -2.10. The molecular weight excluding hydrogens is 405 g/mol. The van der Waals surface area contributed by atoms with Gasteiger partial charge in [0.15, 0.2) is 0 Å². The van der Waals surface area contributed by atoms with Gasteiger partial charge in [0.25, 0.3) is 0 Å². The molecule has 0 atom stereocenters. The molecule has 4 rings (SSSR count). The number of rotatable bonds is 4. The van der Waals surface area contributed by atoms with Gasteiger partial charge in [0.1, 0.15) is 5.82 Å². The highest BCUT2D eigenvalue weighted by Gasteiger charge is 2.32. The fourth-order valence-corrected chi connectivity index (χ4v) is 3.47. The van der Waals surface area contributed by atoms with Gasteiger partial charge in [-0.3, -0.25) is 0 Å². The largest absolute Gasteiger partial charge is 0.465 e. The van der Waals surface area contributed by atoms with E-state index in [-0.39, 0.29) is 11.3 Å². The number of anilines is 2. The lowest BCUT2D eigenvalue weighted by Gasteiger charge is -2.12. The van der Waals surface area contributed by atoms with E-state index in [9.17, 15) is 18.0 Å². The molecule has 0 aliphatic rings. The molecule has 0 bridgehead atoms. The zero-order chi connectivity index (χ0) is 22.2. The molecule has 1 aromatic heterocycles. The van der Waals surface area contributed by atoms with Gasteiger partial charge in [0.05, 0.1) is 23.9 Å². The number of carbonyl (C=O) groups is 1. The molecule has 0 radical (unpaired) electrons. The van der Waals surface area contributed by atoms with Gasteiger partial charge in [-0.1, -0.05) is 54.1 Å². The molecule has 0 saturated heterocycles. The van der Waals surface area contributed by atoms with Crippen LogP contribution in [0.1, 0.15) is 21.5 Å². The number of aromatic nitrogens is 1. The maximum atomic E-state index is 13.4. The number of methoxy groups -OCH3 is 1. The Hall–Kier alpha value is -3.74. The average molecular weight is 424 g/mol. The number of nitrogens with one attached hydrogen (secondary N) is 2. The molecule has 158 valence electrons. The van der Waals surface area contributed by atoms with Crippen LogP contribution in [0.4, 0.5) is 24.7 Å². The van der Waals surface area contributed by atoms with Crippen LogP contribution in [0.25, 0.3) is 22.0 Å². The summed E-state index contributed by atoms with van der Waals surface area (Å²) in [6, 6.07) is 18.6. The summed E-state index contributed by atoms with van der Waals surface area (Å²) in [5.41, 5.74) is 1.92. The van der Waals surface area contributed by atoms with E-state index in [1.807, 2.05) is 55.5 Å². The molecular formula is C24H19F3N2O2. The number of hydrogen-bond acceptors (Lipinski definition) is 3. The van der Waals surface area contributed by atoms with E-state index in [0.717, 1.165) is 46.8 Å². The van der Waals surface area contributed by atoms with Crippen LogP contribution >= 0.6 is 0 Å². The normalized spacial score (nSPS) is 11.5. The van der Waals surface area contributed by atoms with Crippen molar-refractivity contribution < 1.29 is 22.7 Å². The monoisotopic (exact) mass is 424 g/mol. The van der Waals surface area contributed by atoms with E-state index < -0.39 is 17.7 Å². The van der Waals surface area contributed by atoms with Crippen molar-refractivity contribution in [3.8, 4) is 11.3 Å². The minimum absolute atomic E-state index is 0.123. The van der Waals surface area contributed by atoms with Gasteiger partial charge in [-0.25, -0.2) is 4.79 Å². The number of esters is 1. The Bertz CT molecular complexity index is 1260. The third-order valence-electron chi connectivity index (χ3n) is 5.01. The molecule has 4 aromatic rings. The summed E-state index contributed by atoms with van der Waals surface area (Å²) in [7, 11) is 1.13. The topological polar surface area (TPSA) is 54.1 Å². The molecule has 0 saturated carbocycles. The van der Waals surface area contributed by atoms with E-state index in [4.69, 9.17) is 0 Å². The van der Waals surface area contributed by atoms with E-state index in [1.165, 1.54) is 6.07 Å². The zero-order valence-corrected chi connectivity index (χ0v) is 16.8. The number of aromatic amines is 1. The van der Waals surface area contributed by atoms with Crippen molar-refractivity contribution in [1.82, 2.24) is 4.98 Å². The number of H-pyrrole nitrogens is 1. The van der Waals surface area contributed by atoms with Crippen molar-refractivity contribution in [2.45, 2.75) is 13.1 Å². The first-order chi connectivity index (χ1) is 14.8. The Morgan fingerprint density at radius 3 is 2.29 bits per heavy atom. The van der Waals surface area contributed by atoms with Gasteiger partial charge in [-0.15, -0.1) is 0 Å². The summed E-state index contributed by atoms with van der Waals surface area (Å²) >= 11 is 0. The van der Waals surface area contributed by atoms with Gasteiger partial charge in [-0.05, 0) is 30.7 Å². The average Bonchev–Trinajstić information content (AvgIpc) is 3.11. The zero-order valence-electron chi connectivity index (χ0n) is 16.8. The molecule has 7 heteroatoms. The van der Waals surface area contributed by atoms with Crippen molar-refractivity contribution in [1.29, 1.82) is 0 Å². The number of benzene rings is 3. The van der Waals surface area contributed by atoms with Gasteiger partial charge in [0.2, 0.25) is 0 Å². The van der Waals surface area contributed by atoms with Crippen LogP contribution in [-0.2, 0) is 10.9 Å². The molecule has 2 N–H and O–H groups in total. The number of hydrogen-bond donors (Lipinski definition) is 2. The van der Waals surface area contributed by atoms with Crippen molar-refractivity contribution in [2.24, 2.45) is 0 Å². The summed E-state index contributed by atoms with van der Waals surface area (Å²) in [4.78, 5) is 15.2. The van der Waals surface area contributed by atoms with E-state index >= 15 is 0 Å². The first kappa shape index (κ1) is 20.5. The van der Waals surface area contributed by atoms with Crippen LogP contribution in [0.5, 0.6) is 0 Å². The number of ether oxygens (including phenoxy) is 1. The van der Waals surface area contributed by atoms with Gasteiger partial charge >= 0.3 is 12.1 Å². The van der Waals surface area contributed by atoms with Crippen LogP contribution in [0.3, 0.4) is 0 Å². The third kappa shape index (κ3) is 4.12. The van der Waals surface area contributed by atoms with Gasteiger partial charge in [0, 0.05) is 16.5 Å². The molecule has 0 unspecified atom stereocenters. The summed E-state index contributed by atoms with van der Waals surface area (Å²) in [5, 5.41) is 4.76. The van der Waals surface area contributed by atoms with E-state index in [1.54, 1.807) is 0 Å². The molecule has 4 nitrogen and oxygen atoms in total. The van der Waals surface area contributed by atoms with Gasteiger partial charge < -0.3 is 15.0 Å². The molecule has 31 heavy (non-hydrogen) atoms. The van der Waals surface area contributed by atoms with E-state index in [2.05, 4.69) is 15.0 Å². The Morgan fingerprint density at radius 2 is 1.65 bits per heavy atom. The lowest BCUT2D eigenvalue weighted by molar-refractivity contribution is -0.137.